The van der Waals surface area contributed by atoms with Gasteiger partial charge in [0.1, 0.15) is 0 Å². The van der Waals surface area contributed by atoms with Gasteiger partial charge in [0.2, 0.25) is 0 Å². The zero-order chi connectivity index (χ0) is 5.70. The van der Waals surface area contributed by atoms with Gasteiger partial charge in [0, 0.05) is 4.43 Å². The Bertz CT molecular complexity index is 33.2. The van der Waals surface area contributed by atoms with Gasteiger partial charge in [-0.1, -0.05) is 36.4 Å². The van der Waals surface area contributed by atoms with Crippen LogP contribution < -0.4 is 0 Å². The van der Waals surface area contributed by atoms with E-state index < -0.39 is 0 Å². The third kappa shape index (κ3) is 6.73. The number of halogens is 1. The second-order valence-electron chi connectivity index (χ2n) is 2.13. The van der Waals surface area contributed by atoms with Crippen molar-refractivity contribution in [3.05, 3.63) is 4.43 Å². The zero-order valence-electron chi connectivity index (χ0n) is 4.95. The van der Waals surface area contributed by atoms with Crippen molar-refractivity contribution in [1.29, 1.82) is 0 Å². The van der Waals surface area contributed by atoms with E-state index in [1.54, 1.807) is 0 Å². The minimum atomic E-state index is 0.867. The monoisotopic (exact) mass is 211 g/mol. The van der Waals surface area contributed by atoms with Gasteiger partial charge in [0.25, 0.3) is 0 Å². The molecule has 0 unspecified atom stereocenters. The minimum absolute atomic E-state index is 0.867. The summed E-state index contributed by atoms with van der Waals surface area (Å²) in [6.45, 7) is 4.50. The summed E-state index contributed by atoms with van der Waals surface area (Å²) < 4.78 is 2.19. The first-order chi connectivity index (χ1) is 3.27. The van der Waals surface area contributed by atoms with E-state index >= 15 is 0 Å². The highest BCUT2D eigenvalue weighted by molar-refractivity contribution is 14.1. The van der Waals surface area contributed by atoms with Crippen LogP contribution in [0.4, 0.5) is 0 Å². The number of hydrogen-bond acceptors (Lipinski definition) is 0. The predicted octanol–water partition coefficient (Wildman–Crippen LogP) is 3.02. The van der Waals surface area contributed by atoms with E-state index in [0.717, 1.165) is 5.92 Å². The molecular formula is C6H12I. The van der Waals surface area contributed by atoms with Crippen LogP contribution in [0, 0.1) is 10.3 Å². The van der Waals surface area contributed by atoms with Crippen molar-refractivity contribution in [1.82, 2.24) is 0 Å². The van der Waals surface area contributed by atoms with E-state index in [1.807, 2.05) is 0 Å². The molecule has 43 valence electrons. The van der Waals surface area contributed by atoms with E-state index in [-0.39, 0.29) is 0 Å². The molecule has 0 nitrogen and oxygen atoms in total. The Kier molecular flexibility index (Phi) is 5.39. The molecular weight excluding hydrogens is 199 g/mol. The first-order valence-corrected chi connectivity index (χ1v) is 3.94. The average molecular weight is 211 g/mol. The Hall–Kier alpha value is 0.730. The van der Waals surface area contributed by atoms with Gasteiger partial charge in [-0.15, -0.1) is 0 Å². The molecule has 0 heterocycles. The Labute approximate surface area is 59.8 Å². The Morgan fingerprint density at radius 1 is 1.57 bits per heavy atom. The maximum absolute atomic E-state index is 2.30. The van der Waals surface area contributed by atoms with Crippen molar-refractivity contribution in [3.8, 4) is 0 Å². The van der Waals surface area contributed by atoms with Crippen LogP contribution in [0.2, 0.25) is 0 Å². The second-order valence-corrected chi connectivity index (χ2v) is 3.01. The molecule has 0 amide bonds. The molecule has 0 N–H and O–H groups in total. The first kappa shape index (κ1) is 7.73. The van der Waals surface area contributed by atoms with Gasteiger partial charge in [-0.2, -0.15) is 0 Å². The standard InChI is InChI=1S/C6H12I/c1-6(2)4-3-5-7/h5-6H,3-4H2,1-2H3. The maximum Gasteiger partial charge on any atom is 0.0228 e. The second kappa shape index (κ2) is 4.88. The number of hydrogen-bond donors (Lipinski definition) is 0. The van der Waals surface area contributed by atoms with E-state index in [0.29, 0.717) is 0 Å². The van der Waals surface area contributed by atoms with Gasteiger partial charge < -0.3 is 0 Å². The summed E-state index contributed by atoms with van der Waals surface area (Å²) in [4.78, 5) is 0. The van der Waals surface area contributed by atoms with E-state index in [2.05, 4.69) is 40.9 Å². The topological polar surface area (TPSA) is 0 Å². The van der Waals surface area contributed by atoms with Gasteiger partial charge in [0.15, 0.2) is 0 Å². The Morgan fingerprint density at radius 2 is 2.14 bits per heavy atom. The zero-order valence-corrected chi connectivity index (χ0v) is 7.10. The summed E-state index contributed by atoms with van der Waals surface area (Å²) >= 11 is 2.30. The molecule has 1 radical (unpaired) electrons. The molecule has 0 atom stereocenters. The van der Waals surface area contributed by atoms with Crippen molar-refractivity contribution in [2.75, 3.05) is 0 Å². The highest BCUT2D eigenvalue weighted by atomic mass is 127. The fourth-order valence-electron chi connectivity index (χ4n) is 0.396. The summed E-state index contributed by atoms with van der Waals surface area (Å²) in [7, 11) is 0. The summed E-state index contributed by atoms with van der Waals surface area (Å²) in [5.74, 6) is 0.867. The summed E-state index contributed by atoms with van der Waals surface area (Å²) in [6, 6.07) is 0. The quantitative estimate of drug-likeness (QED) is 0.629. The third-order valence-corrected chi connectivity index (χ3v) is 1.48. The molecule has 0 bridgehead atoms. The highest BCUT2D eigenvalue weighted by Gasteiger charge is 1.89. The van der Waals surface area contributed by atoms with Crippen LogP contribution >= 0.6 is 22.6 Å². The van der Waals surface area contributed by atoms with Crippen LogP contribution in [0.5, 0.6) is 0 Å². The lowest BCUT2D eigenvalue weighted by Crippen LogP contribution is -1.83. The molecule has 1 heteroatoms. The van der Waals surface area contributed by atoms with Gasteiger partial charge in [-0.05, 0) is 18.8 Å². The largest absolute Gasteiger partial charge is 0.0815 e. The first-order valence-electron chi connectivity index (χ1n) is 2.69. The van der Waals surface area contributed by atoms with Crippen molar-refractivity contribution >= 4 is 22.6 Å². The average Bonchev–Trinajstić information content (AvgIpc) is 1.61. The van der Waals surface area contributed by atoms with Crippen LogP contribution in [0.25, 0.3) is 0 Å². The lowest BCUT2D eigenvalue weighted by Gasteiger charge is -1.98. The number of rotatable bonds is 3. The van der Waals surface area contributed by atoms with Gasteiger partial charge in [-0.25, -0.2) is 0 Å². The SMILES string of the molecule is CC(C)CC[CH]I. The van der Waals surface area contributed by atoms with E-state index in [4.69, 9.17) is 0 Å². The van der Waals surface area contributed by atoms with Crippen molar-refractivity contribution < 1.29 is 0 Å². The minimum Gasteiger partial charge on any atom is -0.0815 e. The lowest BCUT2D eigenvalue weighted by molar-refractivity contribution is 0.592. The molecule has 0 aliphatic heterocycles. The van der Waals surface area contributed by atoms with E-state index in [9.17, 15) is 0 Å². The van der Waals surface area contributed by atoms with Gasteiger partial charge in [-0.3, -0.25) is 0 Å². The molecule has 7 heavy (non-hydrogen) atoms. The molecule has 0 aliphatic rings. The highest BCUT2D eigenvalue weighted by Crippen LogP contribution is 2.07. The maximum atomic E-state index is 2.30. The third-order valence-electron chi connectivity index (χ3n) is 0.853. The molecule has 0 aromatic heterocycles. The fourth-order valence-corrected chi connectivity index (χ4v) is 0.756. The van der Waals surface area contributed by atoms with Crippen molar-refractivity contribution in [3.63, 3.8) is 0 Å². The Morgan fingerprint density at radius 3 is 2.29 bits per heavy atom. The molecule has 0 rings (SSSR count). The summed E-state index contributed by atoms with van der Waals surface area (Å²) in [5.41, 5.74) is 0. The fraction of sp³-hybridized carbons (Fsp3) is 0.833. The molecule has 0 aromatic carbocycles. The normalized spacial score (nSPS) is 10.3. The van der Waals surface area contributed by atoms with Gasteiger partial charge >= 0.3 is 0 Å². The summed E-state index contributed by atoms with van der Waals surface area (Å²) in [5, 5.41) is 0. The van der Waals surface area contributed by atoms with Crippen LogP contribution in [0.1, 0.15) is 26.7 Å². The van der Waals surface area contributed by atoms with Crippen LogP contribution in [0.15, 0.2) is 0 Å². The van der Waals surface area contributed by atoms with E-state index in [1.165, 1.54) is 12.8 Å². The molecule has 0 saturated carbocycles. The predicted molar refractivity (Wildman–Crippen MR) is 42.4 cm³/mol. The van der Waals surface area contributed by atoms with Crippen LogP contribution in [-0.2, 0) is 0 Å². The van der Waals surface area contributed by atoms with Crippen LogP contribution in [-0.4, -0.2) is 0 Å². The smallest absolute Gasteiger partial charge is 0.0228 e. The lowest BCUT2D eigenvalue weighted by atomic mass is 10.1. The summed E-state index contributed by atoms with van der Waals surface area (Å²) in [6.07, 6.45) is 2.60. The molecule has 0 spiro atoms. The van der Waals surface area contributed by atoms with Crippen molar-refractivity contribution in [2.24, 2.45) is 5.92 Å². The molecule has 0 aromatic rings. The van der Waals surface area contributed by atoms with Crippen LogP contribution in [0.3, 0.4) is 0 Å². The van der Waals surface area contributed by atoms with Crippen molar-refractivity contribution in [2.45, 2.75) is 26.7 Å². The Balaban J connectivity index is 2.68. The molecule has 0 fully saturated rings. The molecule has 0 saturated heterocycles. The van der Waals surface area contributed by atoms with Gasteiger partial charge in [0.05, 0.1) is 0 Å². The molecule has 0 aliphatic carbocycles.